The third-order valence-corrected chi connectivity index (χ3v) is 11.3. The first-order valence-corrected chi connectivity index (χ1v) is 18.3. The van der Waals surface area contributed by atoms with Gasteiger partial charge in [0.2, 0.25) is 0 Å². The van der Waals surface area contributed by atoms with E-state index in [1.54, 1.807) is 0 Å². The summed E-state index contributed by atoms with van der Waals surface area (Å²) in [5, 5.41) is 15.5. The third kappa shape index (κ3) is 4.44. The Labute approximate surface area is 302 Å². The molecule has 2 N–H and O–H groups in total. The monoisotopic (exact) mass is 668 g/mol. The average Bonchev–Trinajstić information content (AvgIpc) is 3.72. The number of rotatable bonds is 4. The number of aromatic nitrogens is 2. The first-order valence-electron chi connectivity index (χ1n) is 18.3. The molecule has 3 aliphatic rings. The van der Waals surface area contributed by atoms with E-state index in [1.165, 1.54) is 82.6 Å². The fourth-order valence-electron chi connectivity index (χ4n) is 8.96. The molecule has 11 rings (SSSR count). The summed E-state index contributed by atoms with van der Waals surface area (Å²) in [4.78, 5) is 0. The second-order valence-electron chi connectivity index (χ2n) is 14.2. The molecule has 3 heterocycles. The van der Waals surface area contributed by atoms with Gasteiger partial charge >= 0.3 is 0 Å². The average molecular weight is 669 g/mol. The summed E-state index contributed by atoms with van der Waals surface area (Å²) in [6.45, 7) is 0. The number of nitrogens with zero attached hydrogens (tertiary/aromatic N) is 2. The van der Waals surface area contributed by atoms with E-state index in [0.717, 1.165) is 6.42 Å². The van der Waals surface area contributed by atoms with Crippen molar-refractivity contribution in [3.05, 3.63) is 187 Å². The molecule has 52 heavy (non-hydrogen) atoms. The van der Waals surface area contributed by atoms with Crippen molar-refractivity contribution in [1.82, 2.24) is 19.8 Å². The zero-order valence-corrected chi connectivity index (χ0v) is 28.6. The highest BCUT2D eigenvalue weighted by molar-refractivity contribution is 6.23. The molecule has 6 aromatic carbocycles. The summed E-state index contributed by atoms with van der Waals surface area (Å²) in [5.41, 5.74) is 11.1. The van der Waals surface area contributed by atoms with E-state index in [0.29, 0.717) is 0 Å². The molecule has 0 spiro atoms. The van der Waals surface area contributed by atoms with E-state index >= 15 is 0 Å². The van der Waals surface area contributed by atoms with E-state index < -0.39 is 0 Å². The highest BCUT2D eigenvalue weighted by atomic mass is 15.2. The van der Waals surface area contributed by atoms with E-state index in [-0.39, 0.29) is 18.1 Å². The first-order chi connectivity index (χ1) is 25.8. The van der Waals surface area contributed by atoms with Gasteiger partial charge in [-0.2, -0.15) is 0 Å². The molecule has 2 aliphatic carbocycles. The summed E-state index contributed by atoms with van der Waals surface area (Å²) >= 11 is 0. The second-order valence-corrected chi connectivity index (χ2v) is 14.2. The smallest absolute Gasteiger partial charge is 0.0843 e. The molecule has 0 saturated carbocycles. The second kappa shape index (κ2) is 11.6. The Balaban J connectivity index is 1.08. The van der Waals surface area contributed by atoms with Crippen molar-refractivity contribution in [3.8, 4) is 5.69 Å². The van der Waals surface area contributed by atoms with Gasteiger partial charge in [-0.25, -0.2) is 0 Å². The summed E-state index contributed by atoms with van der Waals surface area (Å²) < 4.78 is 5.00. The van der Waals surface area contributed by atoms with Gasteiger partial charge in [0.05, 0.1) is 34.3 Å². The van der Waals surface area contributed by atoms with E-state index in [9.17, 15) is 0 Å². The molecular weight excluding hydrogens is 633 g/mol. The van der Waals surface area contributed by atoms with Gasteiger partial charge in [-0.3, -0.25) is 5.32 Å². The van der Waals surface area contributed by atoms with Crippen molar-refractivity contribution in [2.45, 2.75) is 18.6 Å². The van der Waals surface area contributed by atoms with Crippen LogP contribution in [0.2, 0.25) is 0 Å². The lowest BCUT2D eigenvalue weighted by Gasteiger charge is -2.39. The highest BCUT2D eigenvalue weighted by Gasteiger charge is 2.32. The summed E-state index contributed by atoms with van der Waals surface area (Å²) in [5.74, 6) is 0.238. The summed E-state index contributed by atoms with van der Waals surface area (Å²) in [6.07, 6.45) is 16.7. The molecule has 4 heteroatoms. The third-order valence-electron chi connectivity index (χ3n) is 11.3. The van der Waals surface area contributed by atoms with Crippen LogP contribution in [0.15, 0.2) is 182 Å². The number of benzene rings is 6. The molecule has 0 saturated heterocycles. The van der Waals surface area contributed by atoms with Crippen LogP contribution in [-0.4, -0.2) is 21.3 Å². The zero-order chi connectivity index (χ0) is 34.2. The van der Waals surface area contributed by atoms with Crippen molar-refractivity contribution in [1.29, 1.82) is 0 Å². The Kier molecular flexibility index (Phi) is 6.55. The molecule has 0 radical (unpaired) electrons. The minimum absolute atomic E-state index is 0.0637. The first kappa shape index (κ1) is 29.4. The van der Waals surface area contributed by atoms with E-state index in [1.807, 2.05) is 0 Å². The van der Waals surface area contributed by atoms with Crippen molar-refractivity contribution in [3.63, 3.8) is 0 Å². The fraction of sp³-hybridized carbons (Fsp3) is 0.0833. The SMILES string of the molecule is C1=CC2=C(c3ccccc3)NC(C3C=CC=C(n4c5ccccc5c5cc6c7ccc8ccccc8c7n(-c7ccccc7)c6cc54)C3)NC2C=C1. The molecule has 4 nitrogen and oxygen atoms in total. The maximum Gasteiger partial charge on any atom is 0.0843 e. The van der Waals surface area contributed by atoms with Gasteiger partial charge in [0.15, 0.2) is 0 Å². The number of nitrogens with one attached hydrogen (secondary N) is 2. The van der Waals surface area contributed by atoms with Crippen molar-refractivity contribution < 1.29 is 0 Å². The Morgan fingerprint density at radius 2 is 1.31 bits per heavy atom. The minimum Gasteiger partial charge on any atom is -0.368 e. The Morgan fingerprint density at radius 3 is 2.19 bits per heavy atom. The molecule has 3 atom stereocenters. The highest BCUT2D eigenvalue weighted by Crippen LogP contribution is 2.43. The molecule has 1 aliphatic heterocycles. The summed E-state index contributed by atoms with van der Waals surface area (Å²) in [7, 11) is 0. The lowest BCUT2D eigenvalue weighted by Crippen LogP contribution is -2.55. The molecule has 248 valence electrons. The van der Waals surface area contributed by atoms with E-state index in [4.69, 9.17) is 0 Å². The minimum atomic E-state index is 0.0637. The van der Waals surface area contributed by atoms with Crippen LogP contribution in [-0.2, 0) is 0 Å². The van der Waals surface area contributed by atoms with Crippen molar-refractivity contribution in [2.24, 2.45) is 5.92 Å². The molecule has 0 bridgehead atoms. The number of para-hydroxylation sites is 2. The van der Waals surface area contributed by atoms with Gasteiger partial charge in [-0.1, -0.05) is 140 Å². The van der Waals surface area contributed by atoms with Gasteiger partial charge in [0, 0.05) is 49.9 Å². The molecule has 0 fully saturated rings. The fourth-order valence-corrected chi connectivity index (χ4v) is 8.96. The zero-order valence-electron chi connectivity index (χ0n) is 28.6. The van der Waals surface area contributed by atoms with Gasteiger partial charge in [-0.15, -0.1) is 0 Å². The van der Waals surface area contributed by atoms with Crippen LogP contribution < -0.4 is 10.6 Å². The Bertz CT molecular complexity index is 2880. The van der Waals surface area contributed by atoms with Crippen molar-refractivity contribution >= 4 is 65.8 Å². The van der Waals surface area contributed by atoms with Gasteiger partial charge in [-0.05, 0) is 59.4 Å². The topological polar surface area (TPSA) is 33.9 Å². The van der Waals surface area contributed by atoms with Crippen LogP contribution in [0.25, 0.3) is 71.5 Å². The molecule has 2 aromatic heterocycles. The van der Waals surface area contributed by atoms with Gasteiger partial charge < -0.3 is 14.5 Å². The lowest BCUT2D eigenvalue weighted by atomic mass is 9.88. The molecule has 8 aromatic rings. The number of hydrogen-bond donors (Lipinski definition) is 2. The number of hydrogen-bond acceptors (Lipinski definition) is 2. The standard InChI is InChI=1S/C48H36N4/c1-3-15-32(16-4-1)46-39-23-9-11-24-42(39)49-48(50-46)33-17-13-20-35(28-33)51-43-25-12-10-22-37(43)40-29-41-38-27-26-31-14-7-8-21-36(31)47(38)52(45(41)30-44(40)51)34-18-5-2-6-19-34/h1-27,29-30,33,42,48-50H,28H2. The maximum absolute atomic E-state index is 3.95. The van der Waals surface area contributed by atoms with Crippen LogP contribution in [0.4, 0.5) is 0 Å². The molecular formula is C48H36N4. The number of fused-ring (bicyclic) bond motifs is 9. The predicted octanol–water partition coefficient (Wildman–Crippen LogP) is 10.9. The van der Waals surface area contributed by atoms with Crippen LogP contribution >= 0.6 is 0 Å². The lowest BCUT2D eigenvalue weighted by molar-refractivity contribution is 0.358. The Morgan fingerprint density at radius 1 is 0.558 bits per heavy atom. The van der Waals surface area contributed by atoms with Crippen LogP contribution in [0, 0.1) is 5.92 Å². The normalized spacial score (nSPS) is 19.9. The maximum atomic E-state index is 3.95. The molecule has 3 unspecified atom stereocenters. The number of allylic oxidation sites excluding steroid dienone is 5. The van der Waals surface area contributed by atoms with Crippen molar-refractivity contribution in [2.75, 3.05) is 0 Å². The molecule has 0 amide bonds. The van der Waals surface area contributed by atoms with Gasteiger partial charge in [0.25, 0.3) is 0 Å². The predicted molar refractivity (Wildman–Crippen MR) is 218 cm³/mol. The van der Waals surface area contributed by atoms with E-state index in [2.05, 4.69) is 196 Å². The van der Waals surface area contributed by atoms with Crippen LogP contribution in [0.1, 0.15) is 12.0 Å². The Hall–Kier alpha value is -6.36. The summed E-state index contributed by atoms with van der Waals surface area (Å²) in [6, 6.07) is 48.9. The van der Waals surface area contributed by atoms with Crippen LogP contribution in [0.3, 0.4) is 0 Å². The van der Waals surface area contributed by atoms with Gasteiger partial charge in [0.1, 0.15) is 0 Å². The quantitative estimate of drug-likeness (QED) is 0.196. The largest absolute Gasteiger partial charge is 0.368 e. The van der Waals surface area contributed by atoms with Crippen LogP contribution in [0.5, 0.6) is 0 Å².